The molecule has 1 unspecified atom stereocenters. The molecule has 1 amide bonds. The predicted molar refractivity (Wildman–Crippen MR) is 69.2 cm³/mol. The molecule has 18 heavy (non-hydrogen) atoms. The smallest absolute Gasteiger partial charge is 0.221 e. The number of hydrogen-bond acceptors (Lipinski definition) is 5. The molecular weight excluding hydrogens is 230 g/mol. The van der Waals surface area contributed by atoms with Crippen LogP contribution in [0.15, 0.2) is 18.3 Å². The lowest BCUT2D eigenvalue weighted by molar-refractivity contribution is -0.123. The lowest BCUT2D eigenvalue weighted by Gasteiger charge is -2.30. The number of carbonyl (C=O) groups is 1. The molecule has 1 fully saturated rings. The number of primary amides is 1. The minimum absolute atomic E-state index is 0.0328. The van der Waals surface area contributed by atoms with Crippen molar-refractivity contribution in [2.24, 2.45) is 17.5 Å². The molecule has 98 valence electrons. The lowest BCUT2D eigenvalue weighted by Crippen LogP contribution is -2.40. The first-order valence-electron chi connectivity index (χ1n) is 6.12. The van der Waals surface area contributed by atoms with Crippen LogP contribution in [-0.4, -0.2) is 28.9 Å². The molecule has 2 rings (SSSR count). The van der Waals surface area contributed by atoms with Gasteiger partial charge >= 0.3 is 0 Å². The highest BCUT2D eigenvalue weighted by Gasteiger charge is 2.23. The molecule has 1 aliphatic rings. The maximum absolute atomic E-state index is 11.2. The zero-order valence-electron chi connectivity index (χ0n) is 10.3. The number of rotatable bonds is 4. The summed E-state index contributed by atoms with van der Waals surface area (Å²) in [4.78, 5) is 17.7. The second kappa shape index (κ2) is 5.79. The van der Waals surface area contributed by atoms with E-state index < -0.39 is 0 Å². The fourth-order valence-electron chi connectivity index (χ4n) is 2.31. The number of hydrogen-bond donors (Lipinski definition) is 3. The molecular formula is C12H19N5O. The fourth-order valence-corrected chi connectivity index (χ4v) is 2.31. The summed E-state index contributed by atoms with van der Waals surface area (Å²) in [6.07, 6.45) is 3.62. The molecule has 0 aliphatic carbocycles. The van der Waals surface area contributed by atoms with Gasteiger partial charge in [-0.2, -0.15) is 0 Å². The Morgan fingerprint density at radius 3 is 3.17 bits per heavy atom. The van der Waals surface area contributed by atoms with Gasteiger partial charge in [-0.3, -0.25) is 20.5 Å². The highest BCUT2D eigenvalue weighted by Crippen LogP contribution is 2.18. The number of aromatic nitrogens is 1. The Morgan fingerprint density at radius 2 is 2.44 bits per heavy atom. The Balaban J connectivity index is 1.97. The number of pyridine rings is 1. The Morgan fingerprint density at radius 1 is 1.61 bits per heavy atom. The highest BCUT2D eigenvalue weighted by molar-refractivity contribution is 5.76. The predicted octanol–water partition coefficient (Wildman–Crippen LogP) is 0.0645. The quantitative estimate of drug-likeness (QED) is 0.518. The number of nitrogens with one attached hydrogen (secondary N) is 1. The van der Waals surface area contributed by atoms with E-state index in [-0.39, 0.29) is 11.8 Å². The van der Waals surface area contributed by atoms with E-state index in [0.29, 0.717) is 0 Å². The fraction of sp³-hybridized carbons (Fsp3) is 0.500. The number of piperidine rings is 1. The molecule has 1 aromatic heterocycles. The van der Waals surface area contributed by atoms with E-state index in [2.05, 4.69) is 15.3 Å². The van der Waals surface area contributed by atoms with Gasteiger partial charge in [0.1, 0.15) is 0 Å². The van der Waals surface area contributed by atoms with E-state index in [0.717, 1.165) is 43.9 Å². The van der Waals surface area contributed by atoms with Gasteiger partial charge in [-0.1, -0.05) is 0 Å². The molecule has 0 spiro atoms. The van der Waals surface area contributed by atoms with Gasteiger partial charge in [0.05, 0.1) is 17.3 Å². The largest absolute Gasteiger partial charge is 0.369 e. The number of hydrazine groups is 1. The van der Waals surface area contributed by atoms with Crippen LogP contribution in [0.3, 0.4) is 0 Å². The van der Waals surface area contributed by atoms with Crippen molar-refractivity contribution in [3.63, 3.8) is 0 Å². The summed E-state index contributed by atoms with van der Waals surface area (Å²) in [6, 6.07) is 3.72. The molecule has 0 radical (unpaired) electrons. The summed E-state index contributed by atoms with van der Waals surface area (Å²) in [6.45, 7) is 2.42. The molecule has 5 N–H and O–H groups in total. The monoisotopic (exact) mass is 249 g/mol. The van der Waals surface area contributed by atoms with Crippen molar-refractivity contribution in [1.82, 2.24) is 9.88 Å². The van der Waals surface area contributed by atoms with E-state index in [9.17, 15) is 4.79 Å². The third-order valence-electron chi connectivity index (χ3n) is 3.28. The zero-order chi connectivity index (χ0) is 13.0. The van der Waals surface area contributed by atoms with Crippen molar-refractivity contribution in [3.05, 3.63) is 24.0 Å². The highest BCUT2D eigenvalue weighted by atomic mass is 16.1. The van der Waals surface area contributed by atoms with Gasteiger partial charge in [-0.25, -0.2) is 0 Å². The Bertz CT molecular complexity index is 423. The summed E-state index contributed by atoms with van der Waals surface area (Å²) >= 11 is 0. The molecule has 1 atom stereocenters. The molecule has 2 heterocycles. The maximum atomic E-state index is 11.2. The minimum atomic E-state index is -0.204. The number of likely N-dealkylation sites (tertiary alicyclic amines) is 1. The second-order valence-electron chi connectivity index (χ2n) is 4.66. The SMILES string of the molecule is NNc1ccnc(CN2CCCC(C(N)=O)C2)c1. The van der Waals surface area contributed by atoms with Crippen LogP contribution in [0.4, 0.5) is 5.69 Å². The van der Waals surface area contributed by atoms with Crippen molar-refractivity contribution in [1.29, 1.82) is 0 Å². The molecule has 1 aromatic rings. The topological polar surface area (TPSA) is 97.3 Å². The zero-order valence-corrected chi connectivity index (χ0v) is 10.3. The van der Waals surface area contributed by atoms with Crippen LogP contribution >= 0.6 is 0 Å². The Hall–Kier alpha value is -1.66. The van der Waals surface area contributed by atoms with Crippen LogP contribution in [0.2, 0.25) is 0 Å². The van der Waals surface area contributed by atoms with E-state index in [4.69, 9.17) is 11.6 Å². The Kier molecular flexibility index (Phi) is 4.11. The summed E-state index contributed by atoms with van der Waals surface area (Å²) < 4.78 is 0. The minimum Gasteiger partial charge on any atom is -0.369 e. The molecule has 1 aliphatic heterocycles. The van der Waals surface area contributed by atoms with Crippen molar-refractivity contribution in [3.8, 4) is 0 Å². The van der Waals surface area contributed by atoms with Crippen molar-refractivity contribution < 1.29 is 4.79 Å². The second-order valence-corrected chi connectivity index (χ2v) is 4.66. The first-order valence-corrected chi connectivity index (χ1v) is 6.12. The molecule has 0 bridgehead atoms. The first-order chi connectivity index (χ1) is 8.69. The van der Waals surface area contributed by atoms with Gasteiger partial charge in [0.2, 0.25) is 5.91 Å². The molecule has 1 saturated heterocycles. The van der Waals surface area contributed by atoms with E-state index >= 15 is 0 Å². The van der Waals surface area contributed by atoms with Gasteiger partial charge in [0.15, 0.2) is 0 Å². The summed E-state index contributed by atoms with van der Waals surface area (Å²) in [5.41, 5.74) is 9.74. The number of nitrogens with two attached hydrogens (primary N) is 2. The van der Waals surface area contributed by atoms with Crippen LogP contribution in [0.1, 0.15) is 18.5 Å². The number of carbonyl (C=O) groups excluding carboxylic acids is 1. The lowest BCUT2D eigenvalue weighted by atomic mass is 9.97. The van der Waals surface area contributed by atoms with Gasteiger partial charge in [0.25, 0.3) is 0 Å². The van der Waals surface area contributed by atoms with E-state index in [1.165, 1.54) is 0 Å². The average Bonchev–Trinajstić information content (AvgIpc) is 2.39. The van der Waals surface area contributed by atoms with E-state index in [1.807, 2.05) is 12.1 Å². The molecule has 0 saturated carbocycles. The third-order valence-corrected chi connectivity index (χ3v) is 3.28. The number of nitrogens with zero attached hydrogens (tertiary/aromatic N) is 2. The normalized spacial score (nSPS) is 20.6. The van der Waals surface area contributed by atoms with Gasteiger partial charge in [-0.05, 0) is 31.5 Å². The number of anilines is 1. The van der Waals surface area contributed by atoms with Crippen molar-refractivity contribution in [2.75, 3.05) is 18.5 Å². The summed E-state index contributed by atoms with van der Waals surface area (Å²) in [5.74, 6) is 5.12. The summed E-state index contributed by atoms with van der Waals surface area (Å²) in [5, 5.41) is 0. The molecule has 0 aromatic carbocycles. The Labute approximate surface area is 106 Å². The molecule has 6 nitrogen and oxygen atoms in total. The summed E-state index contributed by atoms with van der Waals surface area (Å²) in [7, 11) is 0. The van der Waals surface area contributed by atoms with E-state index in [1.54, 1.807) is 6.20 Å². The van der Waals surface area contributed by atoms with Crippen molar-refractivity contribution >= 4 is 11.6 Å². The van der Waals surface area contributed by atoms with Gasteiger partial charge in [0, 0.05) is 19.3 Å². The standard InChI is InChI=1S/C12H19N5O/c13-12(18)9-2-1-5-17(7-9)8-11-6-10(16-14)3-4-15-11/h3-4,6,9H,1-2,5,7-8,14H2,(H2,13,18)(H,15,16). The third kappa shape index (κ3) is 3.18. The maximum Gasteiger partial charge on any atom is 0.221 e. The molecule has 6 heteroatoms. The van der Waals surface area contributed by atoms with Crippen LogP contribution in [0, 0.1) is 5.92 Å². The number of amides is 1. The van der Waals surface area contributed by atoms with Gasteiger partial charge < -0.3 is 11.2 Å². The van der Waals surface area contributed by atoms with Crippen LogP contribution in [-0.2, 0) is 11.3 Å². The average molecular weight is 249 g/mol. The first kappa shape index (κ1) is 12.8. The van der Waals surface area contributed by atoms with Gasteiger partial charge in [-0.15, -0.1) is 0 Å². The number of nitrogen functional groups attached to an aromatic ring is 1. The van der Waals surface area contributed by atoms with Crippen molar-refractivity contribution in [2.45, 2.75) is 19.4 Å². The van der Waals surface area contributed by atoms with Crippen LogP contribution in [0.25, 0.3) is 0 Å². The van der Waals surface area contributed by atoms with Crippen LogP contribution in [0.5, 0.6) is 0 Å². The van der Waals surface area contributed by atoms with Crippen LogP contribution < -0.4 is 17.0 Å².